The molecule has 0 bridgehead atoms. The van der Waals surface area contributed by atoms with Crippen molar-refractivity contribution in [3.05, 3.63) is 67.6 Å². The summed E-state index contributed by atoms with van der Waals surface area (Å²) in [5, 5.41) is 3.15. The van der Waals surface area contributed by atoms with Crippen LogP contribution in [0.1, 0.15) is 34.2 Å². The van der Waals surface area contributed by atoms with E-state index in [0.29, 0.717) is 23.1 Å². The van der Waals surface area contributed by atoms with Crippen LogP contribution in [0.3, 0.4) is 0 Å². The molecular formula is C24H30N6O3. The summed E-state index contributed by atoms with van der Waals surface area (Å²) in [5.41, 5.74) is 4.38. The number of benzene rings is 1. The average Bonchev–Trinajstić information content (AvgIpc) is 2.81. The molecule has 0 atom stereocenters. The normalized spacial score (nSPS) is 14.6. The maximum absolute atomic E-state index is 12.6. The number of rotatable bonds is 5. The SMILES string of the molecule is CCn1c(=O)[nH]c2c(C)c(CN3CCN(c4ccc(C(=O)NC)nc4C)CC3)ccc2c1=O. The molecule has 3 heterocycles. The number of aryl methyl sites for hydroxylation is 2. The Kier molecular flexibility index (Phi) is 6.33. The Hall–Kier alpha value is -3.46. The summed E-state index contributed by atoms with van der Waals surface area (Å²) in [4.78, 5) is 48.7. The van der Waals surface area contributed by atoms with Gasteiger partial charge < -0.3 is 15.2 Å². The molecule has 0 aliphatic carbocycles. The third-order valence-electron chi connectivity index (χ3n) is 6.47. The Balaban J connectivity index is 1.48. The number of anilines is 1. The van der Waals surface area contributed by atoms with Gasteiger partial charge in [0.15, 0.2) is 0 Å². The predicted molar refractivity (Wildman–Crippen MR) is 129 cm³/mol. The number of aromatic nitrogens is 3. The molecule has 1 saturated heterocycles. The van der Waals surface area contributed by atoms with E-state index in [-0.39, 0.29) is 17.2 Å². The Morgan fingerprint density at radius 2 is 1.82 bits per heavy atom. The molecule has 2 N–H and O–H groups in total. The van der Waals surface area contributed by atoms with Crippen LogP contribution in [-0.4, -0.2) is 58.6 Å². The molecule has 4 rings (SSSR count). The molecule has 0 unspecified atom stereocenters. The van der Waals surface area contributed by atoms with E-state index >= 15 is 0 Å². The molecule has 1 aliphatic rings. The number of nitrogens with zero attached hydrogens (tertiary/aromatic N) is 4. The second-order valence-electron chi connectivity index (χ2n) is 8.40. The summed E-state index contributed by atoms with van der Waals surface area (Å²) in [6.07, 6.45) is 0. The summed E-state index contributed by atoms with van der Waals surface area (Å²) >= 11 is 0. The van der Waals surface area contributed by atoms with Crippen molar-refractivity contribution in [2.75, 3.05) is 38.1 Å². The van der Waals surface area contributed by atoms with E-state index in [1.54, 1.807) is 20.0 Å². The Bertz CT molecular complexity index is 1320. The van der Waals surface area contributed by atoms with Gasteiger partial charge in [0.1, 0.15) is 5.69 Å². The van der Waals surface area contributed by atoms with Crippen LogP contribution < -0.4 is 21.5 Å². The number of fused-ring (bicyclic) bond motifs is 1. The standard InChI is InChI=1S/C24H30N6O3/c1-5-30-23(32)18-7-6-17(15(2)21(18)27-24(30)33)14-28-10-12-29(13-11-28)20-9-8-19(22(31)25-4)26-16(20)3/h6-9H,5,10-14H2,1-4H3,(H,25,31)(H,27,33). The van der Waals surface area contributed by atoms with Crippen LogP contribution in [0.25, 0.3) is 10.9 Å². The maximum atomic E-state index is 12.6. The number of amides is 1. The highest BCUT2D eigenvalue weighted by atomic mass is 16.2. The first kappa shape index (κ1) is 22.7. The van der Waals surface area contributed by atoms with E-state index in [0.717, 1.165) is 55.2 Å². The van der Waals surface area contributed by atoms with Gasteiger partial charge in [-0.15, -0.1) is 0 Å². The number of piperazine rings is 1. The van der Waals surface area contributed by atoms with Crippen LogP contribution in [0, 0.1) is 13.8 Å². The van der Waals surface area contributed by atoms with Crippen molar-refractivity contribution >= 4 is 22.5 Å². The summed E-state index contributed by atoms with van der Waals surface area (Å²) in [6, 6.07) is 7.55. The van der Waals surface area contributed by atoms with Gasteiger partial charge in [0.05, 0.1) is 22.3 Å². The number of nitrogens with one attached hydrogen (secondary N) is 2. The van der Waals surface area contributed by atoms with E-state index in [4.69, 9.17) is 0 Å². The lowest BCUT2D eigenvalue weighted by molar-refractivity contribution is 0.0958. The minimum absolute atomic E-state index is 0.185. The van der Waals surface area contributed by atoms with Gasteiger partial charge >= 0.3 is 5.69 Å². The fourth-order valence-electron chi connectivity index (χ4n) is 4.49. The third-order valence-corrected chi connectivity index (χ3v) is 6.47. The molecule has 1 aliphatic heterocycles. The highest BCUT2D eigenvalue weighted by Crippen LogP contribution is 2.23. The molecule has 9 heteroatoms. The second kappa shape index (κ2) is 9.19. The first-order valence-corrected chi connectivity index (χ1v) is 11.3. The Labute approximate surface area is 192 Å². The van der Waals surface area contributed by atoms with Crippen molar-refractivity contribution in [1.29, 1.82) is 0 Å². The van der Waals surface area contributed by atoms with Crippen molar-refractivity contribution < 1.29 is 4.79 Å². The summed E-state index contributed by atoms with van der Waals surface area (Å²) in [5.74, 6) is -0.185. The molecule has 9 nitrogen and oxygen atoms in total. The highest BCUT2D eigenvalue weighted by molar-refractivity contribution is 5.92. The van der Waals surface area contributed by atoms with Crippen LogP contribution in [0.5, 0.6) is 0 Å². The van der Waals surface area contributed by atoms with Gasteiger partial charge in [0.2, 0.25) is 0 Å². The Morgan fingerprint density at radius 3 is 2.45 bits per heavy atom. The molecule has 3 aromatic rings. The van der Waals surface area contributed by atoms with E-state index in [1.807, 2.05) is 32.0 Å². The lowest BCUT2D eigenvalue weighted by Gasteiger charge is -2.36. The van der Waals surface area contributed by atoms with Crippen molar-refractivity contribution in [2.45, 2.75) is 33.9 Å². The first-order chi connectivity index (χ1) is 15.8. The van der Waals surface area contributed by atoms with E-state index in [9.17, 15) is 14.4 Å². The quantitative estimate of drug-likeness (QED) is 0.609. The van der Waals surface area contributed by atoms with E-state index in [2.05, 4.69) is 25.1 Å². The van der Waals surface area contributed by atoms with Crippen LogP contribution in [0.4, 0.5) is 5.69 Å². The van der Waals surface area contributed by atoms with Gasteiger partial charge in [-0.1, -0.05) is 6.07 Å². The van der Waals surface area contributed by atoms with Crippen molar-refractivity contribution in [3.8, 4) is 0 Å². The minimum atomic E-state index is -0.365. The molecule has 174 valence electrons. The van der Waals surface area contributed by atoms with Crippen LogP contribution in [-0.2, 0) is 13.1 Å². The number of pyridine rings is 1. The van der Waals surface area contributed by atoms with Crippen molar-refractivity contribution in [3.63, 3.8) is 0 Å². The van der Waals surface area contributed by atoms with Gasteiger partial charge in [0.25, 0.3) is 11.5 Å². The largest absolute Gasteiger partial charge is 0.368 e. The molecule has 0 radical (unpaired) electrons. The van der Waals surface area contributed by atoms with Gasteiger partial charge in [-0.25, -0.2) is 9.78 Å². The second-order valence-corrected chi connectivity index (χ2v) is 8.40. The summed E-state index contributed by atoms with van der Waals surface area (Å²) in [6.45, 7) is 10.2. The van der Waals surface area contributed by atoms with Crippen LogP contribution in [0.15, 0.2) is 33.9 Å². The fourth-order valence-corrected chi connectivity index (χ4v) is 4.49. The highest BCUT2D eigenvalue weighted by Gasteiger charge is 2.21. The topological polar surface area (TPSA) is 103 Å². The number of H-pyrrole nitrogens is 1. The zero-order chi connectivity index (χ0) is 23.7. The van der Waals surface area contributed by atoms with Crippen molar-refractivity contribution in [2.24, 2.45) is 0 Å². The monoisotopic (exact) mass is 450 g/mol. The van der Waals surface area contributed by atoms with E-state index < -0.39 is 0 Å². The average molecular weight is 451 g/mol. The molecule has 0 saturated carbocycles. The van der Waals surface area contributed by atoms with Gasteiger partial charge in [-0.3, -0.25) is 19.1 Å². The lowest BCUT2D eigenvalue weighted by atomic mass is 10.0. The number of hydrogen-bond donors (Lipinski definition) is 2. The number of carbonyl (C=O) groups is 1. The zero-order valence-electron chi connectivity index (χ0n) is 19.6. The smallest absolute Gasteiger partial charge is 0.328 e. The minimum Gasteiger partial charge on any atom is -0.368 e. The third kappa shape index (κ3) is 4.28. The molecule has 1 fully saturated rings. The Morgan fingerprint density at radius 1 is 1.09 bits per heavy atom. The molecular weight excluding hydrogens is 420 g/mol. The van der Waals surface area contributed by atoms with Crippen LogP contribution >= 0.6 is 0 Å². The molecule has 0 spiro atoms. The molecule has 1 amide bonds. The fraction of sp³-hybridized carbons (Fsp3) is 0.417. The van der Waals surface area contributed by atoms with Crippen molar-refractivity contribution in [1.82, 2.24) is 24.8 Å². The molecule has 33 heavy (non-hydrogen) atoms. The number of aromatic amines is 1. The van der Waals surface area contributed by atoms with Gasteiger partial charge in [-0.2, -0.15) is 0 Å². The van der Waals surface area contributed by atoms with Gasteiger partial charge in [0, 0.05) is 46.3 Å². The molecule has 2 aromatic heterocycles. The number of hydrogen-bond acceptors (Lipinski definition) is 6. The van der Waals surface area contributed by atoms with Crippen LogP contribution in [0.2, 0.25) is 0 Å². The van der Waals surface area contributed by atoms with E-state index in [1.165, 1.54) is 4.57 Å². The summed E-state index contributed by atoms with van der Waals surface area (Å²) < 4.78 is 1.22. The predicted octanol–water partition coefficient (Wildman–Crippen LogP) is 1.40. The molecule has 1 aromatic carbocycles. The zero-order valence-corrected chi connectivity index (χ0v) is 19.6. The maximum Gasteiger partial charge on any atom is 0.328 e. The summed E-state index contributed by atoms with van der Waals surface area (Å²) in [7, 11) is 1.60. The lowest BCUT2D eigenvalue weighted by Crippen LogP contribution is -2.46. The first-order valence-electron chi connectivity index (χ1n) is 11.3. The number of carbonyl (C=O) groups excluding carboxylic acids is 1. The van der Waals surface area contributed by atoms with Gasteiger partial charge in [-0.05, 0) is 50.1 Å².